The Kier molecular flexibility index (Phi) is 3.61. The predicted molar refractivity (Wildman–Crippen MR) is 64.5 cm³/mol. The fraction of sp³-hybridized carbons (Fsp3) is 0.750. The zero-order valence-electron chi connectivity index (χ0n) is 10.2. The molecule has 1 fully saturated rings. The van der Waals surface area contributed by atoms with Crippen LogP contribution in [0.5, 0.6) is 0 Å². The lowest BCUT2D eigenvalue weighted by atomic mass is 9.93. The lowest BCUT2D eigenvalue weighted by Gasteiger charge is -2.21. The largest absolute Gasteiger partial charge is 0.273 e. The van der Waals surface area contributed by atoms with Crippen LogP contribution < -0.4 is 11.3 Å². The molecule has 0 aliphatic heterocycles. The Hall–Kier alpha value is -0.870. The highest BCUT2D eigenvalue weighted by atomic mass is 15.3. The van der Waals surface area contributed by atoms with Crippen LogP contribution in [0.1, 0.15) is 44.7 Å². The second-order valence-electron chi connectivity index (χ2n) is 4.95. The molecule has 0 aromatic carbocycles. The first-order chi connectivity index (χ1) is 7.74. The average molecular weight is 222 g/mol. The Bertz CT molecular complexity index is 334. The summed E-state index contributed by atoms with van der Waals surface area (Å²) in [6.45, 7) is 5.33. The number of hydrazine groups is 1. The number of hydrogen-bond donors (Lipinski definition) is 2. The van der Waals surface area contributed by atoms with E-state index in [1.165, 1.54) is 24.8 Å². The third-order valence-corrected chi connectivity index (χ3v) is 3.72. The smallest absolute Gasteiger partial charge is 0.0538 e. The number of rotatable bonds is 4. The Morgan fingerprint density at radius 2 is 2.44 bits per heavy atom. The molecule has 1 aliphatic carbocycles. The molecule has 0 amide bonds. The molecule has 0 radical (unpaired) electrons. The first kappa shape index (κ1) is 11.6. The summed E-state index contributed by atoms with van der Waals surface area (Å²) < 4.78 is 1.96. The molecule has 2 rings (SSSR count). The van der Waals surface area contributed by atoms with Gasteiger partial charge in [-0.15, -0.1) is 0 Å². The van der Waals surface area contributed by atoms with Crippen molar-refractivity contribution in [2.45, 2.75) is 45.7 Å². The van der Waals surface area contributed by atoms with Gasteiger partial charge in [0.25, 0.3) is 0 Å². The number of nitrogens with one attached hydrogen (secondary N) is 1. The van der Waals surface area contributed by atoms with Crippen LogP contribution in [-0.4, -0.2) is 9.78 Å². The van der Waals surface area contributed by atoms with E-state index in [0.29, 0.717) is 5.92 Å². The molecule has 3 unspecified atom stereocenters. The van der Waals surface area contributed by atoms with Crippen molar-refractivity contribution in [2.75, 3.05) is 0 Å². The van der Waals surface area contributed by atoms with Crippen LogP contribution in [0.2, 0.25) is 0 Å². The quantitative estimate of drug-likeness (QED) is 0.604. The fourth-order valence-corrected chi connectivity index (χ4v) is 2.77. The van der Waals surface area contributed by atoms with E-state index >= 15 is 0 Å². The highest BCUT2D eigenvalue weighted by Gasteiger charge is 2.29. The molecule has 1 aromatic rings. The predicted octanol–water partition coefficient (Wildman–Crippen LogP) is 1.84. The summed E-state index contributed by atoms with van der Waals surface area (Å²) in [6, 6.07) is 0.269. The molecule has 1 saturated carbocycles. The second kappa shape index (κ2) is 4.97. The van der Waals surface area contributed by atoms with Gasteiger partial charge in [0.2, 0.25) is 0 Å². The molecular weight excluding hydrogens is 200 g/mol. The van der Waals surface area contributed by atoms with Crippen molar-refractivity contribution in [3.05, 3.63) is 18.0 Å². The van der Waals surface area contributed by atoms with Gasteiger partial charge in [-0.05, 0) is 31.6 Å². The zero-order chi connectivity index (χ0) is 11.5. The second-order valence-corrected chi connectivity index (χ2v) is 4.95. The average Bonchev–Trinajstić information content (AvgIpc) is 2.89. The van der Waals surface area contributed by atoms with Crippen molar-refractivity contribution in [3.8, 4) is 0 Å². The number of aryl methyl sites for hydroxylation is 1. The van der Waals surface area contributed by atoms with Gasteiger partial charge < -0.3 is 0 Å². The topological polar surface area (TPSA) is 55.9 Å². The lowest BCUT2D eigenvalue weighted by molar-refractivity contribution is 0.364. The maximum atomic E-state index is 5.69. The molecule has 4 nitrogen and oxygen atoms in total. The van der Waals surface area contributed by atoms with Crippen molar-refractivity contribution < 1.29 is 0 Å². The number of hydrogen-bond acceptors (Lipinski definition) is 3. The van der Waals surface area contributed by atoms with Crippen molar-refractivity contribution in [3.63, 3.8) is 0 Å². The van der Waals surface area contributed by atoms with E-state index in [2.05, 4.69) is 30.6 Å². The summed E-state index contributed by atoms with van der Waals surface area (Å²) in [5.41, 5.74) is 4.19. The van der Waals surface area contributed by atoms with Gasteiger partial charge in [-0.1, -0.05) is 13.3 Å². The fourth-order valence-electron chi connectivity index (χ4n) is 2.77. The van der Waals surface area contributed by atoms with Gasteiger partial charge in [0.15, 0.2) is 0 Å². The minimum absolute atomic E-state index is 0.269. The maximum Gasteiger partial charge on any atom is 0.0538 e. The van der Waals surface area contributed by atoms with Gasteiger partial charge in [-0.2, -0.15) is 5.10 Å². The van der Waals surface area contributed by atoms with E-state index in [0.717, 1.165) is 12.5 Å². The van der Waals surface area contributed by atoms with Crippen molar-refractivity contribution in [1.29, 1.82) is 0 Å². The van der Waals surface area contributed by atoms with Crippen LogP contribution in [0, 0.1) is 11.8 Å². The summed E-state index contributed by atoms with van der Waals surface area (Å²) in [6.07, 6.45) is 7.91. The van der Waals surface area contributed by atoms with Crippen LogP contribution >= 0.6 is 0 Å². The molecule has 3 atom stereocenters. The SMILES string of the molecule is CCn1cc(C(NN)C2CCC(C)C2)cn1. The van der Waals surface area contributed by atoms with E-state index in [1.807, 2.05) is 10.9 Å². The zero-order valence-corrected chi connectivity index (χ0v) is 10.2. The summed E-state index contributed by atoms with van der Waals surface area (Å²) in [5.74, 6) is 7.19. The van der Waals surface area contributed by atoms with E-state index in [1.54, 1.807) is 0 Å². The van der Waals surface area contributed by atoms with Crippen LogP contribution in [0.3, 0.4) is 0 Å². The van der Waals surface area contributed by atoms with Crippen LogP contribution in [0.15, 0.2) is 12.4 Å². The van der Waals surface area contributed by atoms with Gasteiger partial charge in [-0.3, -0.25) is 16.0 Å². The van der Waals surface area contributed by atoms with E-state index in [9.17, 15) is 0 Å². The highest BCUT2D eigenvalue weighted by molar-refractivity contribution is 5.12. The van der Waals surface area contributed by atoms with Crippen molar-refractivity contribution in [1.82, 2.24) is 15.2 Å². The standard InChI is InChI=1S/C12H22N4/c1-3-16-8-11(7-14-16)12(15-13)10-5-4-9(2)6-10/h7-10,12,15H,3-6,13H2,1-2H3. The molecule has 16 heavy (non-hydrogen) atoms. The van der Waals surface area contributed by atoms with Crippen molar-refractivity contribution in [2.24, 2.45) is 17.7 Å². The van der Waals surface area contributed by atoms with Gasteiger partial charge in [0, 0.05) is 18.3 Å². The van der Waals surface area contributed by atoms with Gasteiger partial charge >= 0.3 is 0 Å². The summed E-state index contributed by atoms with van der Waals surface area (Å²) in [4.78, 5) is 0. The third kappa shape index (κ3) is 2.28. The molecule has 1 aromatic heterocycles. The molecule has 0 saturated heterocycles. The van der Waals surface area contributed by atoms with Gasteiger partial charge in [-0.25, -0.2) is 0 Å². The first-order valence-electron chi connectivity index (χ1n) is 6.23. The van der Waals surface area contributed by atoms with Gasteiger partial charge in [0.1, 0.15) is 0 Å². The molecule has 0 bridgehead atoms. The van der Waals surface area contributed by atoms with Crippen LogP contribution in [0.25, 0.3) is 0 Å². The molecular formula is C12H22N4. The molecule has 90 valence electrons. The molecule has 3 N–H and O–H groups in total. The monoisotopic (exact) mass is 222 g/mol. The normalized spacial score (nSPS) is 27.2. The Balaban J connectivity index is 2.09. The van der Waals surface area contributed by atoms with Gasteiger partial charge in [0.05, 0.1) is 12.2 Å². The summed E-state index contributed by atoms with van der Waals surface area (Å²) in [5, 5.41) is 4.32. The Morgan fingerprint density at radius 3 is 2.94 bits per heavy atom. The Labute approximate surface area is 97.2 Å². The van der Waals surface area contributed by atoms with E-state index < -0.39 is 0 Å². The molecule has 0 spiro atoms. The van der Waals surface area contributed by atoms with E-state index in [-0.39, 0.29) is 6.04 Å². The van der Waals surface area contributed by atoms with Crippen molar-refractivity contribution >= 4 is 0 Å². The van der Waals surface area contributed by atoms with Crippen LogP contribution in [-0.2, 0) is 6.54 Å². The lowest BCUT2D eigenvalue weighted by Crippen LogP contribution is -2.32. The number of nitrogens with zero attached hydrogens (tertiary/aromatic N) is 2. The number of aromatic nitrogens is 2. The minimum atomic E-state index is 0.269. The number of nitrogens with two attached hydrogens (primary N) is 1. The Morgan fingerprint density at radius 1 is 1.62 bits per heavy atom. The minimum Gasteiger partial charge on any atom is -0.273 e. The maximum absolute atomic E-state index is 5.69. The van der Waals surface area contributed by atoms with E-state index in [4.69, 9.17) is 5.84 Å². The first-order valence-corrected chi connectivity index (χ1v) is 6.23. The third-order valence-electron chi connectivity index (χ3n) is 3.72. The highest BCUT2D eigenvalue weighted by Crippen LogP contribution is 2.38. The molecule has 1 heterocycles. The molecule has 4 heteroatoms. The molecule has 1 aliphatic rings. The summed E-state index contributed by atoms with van der Waals surface area (Å²) >= 11 is 0. The summed E-state index contributed by atoms with van der Waals surface area (Å²) in [7, 11) is 0. The van der Waals surface area contributed by atoms with Crippen LogP contribution in [0.4, 0.5) is 0 Å².